The number of benzene rings is 2. The number of thiocarbonyl (C=S) groups is 1. The Morgan fingerprint density at radius 2 is 1.64 bits per heavy atom. The van der Waals surface area contributed by atoms with E-state index < -0.39 is 5.91 Å². The Hall–Kier alpha value is -3.36. The lowest BCUT2D eigenvalue weighted by molar-refractivity contribution is -0.132. The molecule has 4 rings (SSSR count). The maximum Gasteiger partial charge on any atom is 0.293 e. The second kappa shape index (κ2) is 11.6. The first-order chi connectivity index (χ1) is 17.3. The van der Waals surface area contributed by atoms with Crippen LogP contribution in [0.5, 0.6) is 0 Å². The molecule has 1 aromatic heterocycles. The average molecular weight is 525 g/mol. The van der Waals surface area contributed by atoms with E-state index in [4.69, 9.17) is 28.2 Å². The highest BCUT2D eigenvalue weighted by atomic mass is 35.5. The van der Waals surface area contributed by atoms with E-state index in [9.17, 15) is 9.59 Å². The minimum atomic E-state index is -0.436. The van der Waals surface area contributed by atoms with Gasteiger partial charge in [-0.15, -0.1) is 0 Å². The van der Waals surface area contributed by atoms with Crippen LogP contribution in [0.25, 0.3) is 11.3 Å². The molecule has 0 radical (unpaired) electrons. The van der Waals surface area contributed by atoms with Gasteiger partial charge in [0.2, 0.25) is 5.91 Å². The summed E-state index contributed by atoms with van der Waals surface area (Å²) in [4.78, 5) is 29.1. The smallest absolute Gasteiger partial charge is 0.293 e. The molecule has 0 atom stereocenters. The fraction of sp³-hybridized carbons (Fsp3) is 0.296. The van der Waals surface area contributed by atoms with Gasteiger partial charge in [-0.3, -0.25) is 14.9 Å². The van der Waals surface area contributed by atoms with Gasteiger partial charge in [0.05, 0.1) is 0 Å². The standard InChI is InChI=1S/C27H29ClN4O3S/c1-18(2)17-25(33)32-15-13-31(14-16-32)22-9-7-21(8-10-22)29-27(36)30-26(34)24-12-11-23(35-24)19-3-5-20(28)6-4-19/h3-12,18H,13-17H2,1-2H3,(H2,29,30,34,36). The highest BCUT2D eigenvalue weighted by molar-refractivity contribution is 7.80. The van der Waals surface area contributed by atoms with Crippen LogP contribution in [0.3, 0.4) is 0 Å². The fourth-order valence-electron chi connectivity index (χ4n) is 4.00. The molecule has 0 spiro atoms. The summed E-state index contributed by atoms with van der Waals surface area (Å²) >= 11 is 11.2. The molecule has 2 N–H and O–H groups in total. The summed E-state index contributed by atoms with van der Waals surface area (Å²) in [6, 6.07) is 18.3. The van der Waals surface area contributed by atoms with E-state index in [0.29, 0.717) is 23.1 Å². The Balaban J connectivity index is 1.27. The van der Waals surface area contributed by atoms with Gasteiger partial charge in [0.25, 0.3) is 5.91 Å². The third kappa shape index (κ3) is 6.65. The number of hydrogen-bond donors (Lipinski definition) is 2. The maximum absolute atomic E-state index is 12.5. The molecule has 0 saturated carbocycles. The van der Waals surface area contributed by atoms with E-state index in [0.717, 1.165) is 43.1 Å². The van der Waals surface area contributed by atoms with Crippen molar-refractivity contribution in [3.05, 3.63) is 71.4 Å². The van der Waals surface area contributed by atoms with Crippen LogP contribution in [-0.4, -0.2) is 48.0 Å². The maximum atomic E-state index is 12.5. The number of hydrogen-bond acceptors (Lipinski definition) is 5. The summed E-state index contributed by atoms with van der Waals surface area (Å²) in [5.74, 6) is 0.893. The molecule has 36 heavy (non-hydrogen) atoms. The molecule has 0 bridgehead atoms. The largest absolute Gasteiger partial charge is 0.451 e. The first-order valence-electron chi connectivity index (χ1n) is 11.9. The number of nitrogens with one attached hydrogen (secondary N) is 2. The van der Waals surface area contributed by atoms with Crippen molar-refractivity contribution >= 4 is 52.1 Å². The molecule has 0 unspecified atom stereocenters. The van der Waals surface area contributed by atoms with Crippen LogP contribution in [-0.2, 0) is 4.79 Å². The number of nitrogens with zero attached hydrogens (tertiary/aromatic N) is 2. The number of piperazine rings is 1. The van der Waals surface area contributed by atoms with Crippen LogP contribution in [0.15, 0.2) is 65.1 Å². The zero-order valence-corrected chi connectivity index (χ0v) is 21.9. The van der Waals surface area contributed by atoms with Crippen LogP contribution in [0.2, 0.25) is 5.02 Å². The van der Waals surface area contributed by atoms with Gasteiger partial charge >= 0.3 is 0 Å². The highest BCUT2D eigenvalue weighted by Gasteiger charge is 2.21. The van der Waals surface area contributed by atoms with Crippen molar-refractivity contribution in [2.24, 2.45) is 5.92 Å². The second-order valence-corrected chi connectivity index (χ2v) is 9.94. The van der Waals surface area contributed by atoms with E-state index >= 15 is 0 Å². The number of rotatable bonds is 6. The van der Waals surface area contributed by atoms with Crippen molar-refractivity contribution in [2.45, 2.75) is 20.3 Å². The van der Waals surface area contributed by atoms with Crippen molar-refractivity contribution in [2.75, 3.05) is 36.4 Å². The van der Waals surface area contributed by atoms with E-state index in [1.807, 2.05) is 41.3 Å². The van der Waals surface area contributed by atoms with Gasteiger partial charge in [-0.1, -0.05) is 25.4 Å². The first-order valence-corrected chi connectivity index (χ1v) is 12.7. The van der Waals surface area contributed by atoms with Crippen molar-refractivity contribution in [3.63, 3.8) is 0 Å². The number of furan rings is 1. The minimum Gasteiger partial charge on any atom is -0.451 e. The van der Waals surface area contributed by atoms with Gasteiger partial charge in [0, 0.05) is 54.6 Å². The van der Waals surface area contributed by atoms with E-state index in [-0.39, 0.29) is 16.8 Å². The zero-order chi connectivity index (χ0) is 25.7. The Morgan fingerprint density at radius 3 is 2.28 bits per heavy atom. The van der Waals surface area contributed by atoms with Crippen molar-refractivity contribution < 1.29 is 14.0 Å². The molecule has 7 nitrogen and oxygen atoms in total. The summed E-state index contributed by atoms with van der Waals surface area (Å²) in [5.41, 5.74) is 2.66. The number of anilines is 2. The van der Waals surface area contributed by atoms with Crippen LogP contribution in [0.4, 0.5) is 11.4 Å². The molecular weight excluding hydrogens is 496 g/mol. The summed E-state index contributed by atoms with van der Waals surface area (Å²) < 4.78 is 5.67. The lowest BCUT2D eigenvalue weighted by Crippen LogP contribution is -2.49. The van der Waals surface area contributed by atoms with Crippen molar-refractivity contribution in [1.29, 1.82) is 0 Å². The monoisotopic (exact) mass is 524 g/mol. The summed E-state index contributed by atoms with van der Waals surface area (Å²) in [5, 5.41) is 6.48. The predicted octanol–water partition coefficient (Wildman–Crippen LogP) is 5.42. The van der Waals surface area contributed by atoms with Gasteiger partial charge in [-0.05, 0) is 78.8 Å². The number of carbonyl (C=O) groups is 2. The van der Waals surface area contributed by atoms with Gasteiger partial charge < -0.3 is 19.5 Å². The molecule has 9 heteroatoms. The molecule has 1 aliphatic heterocycles. The normalized spacial score (nSPS) is 13.6. The quantitative estimate of drug-likeness (QED) is 0.419. The molecule has 1 saturated heterocycles. The van der Waals surface area contributed by atoms with Gasteiger partial charge in [-0.25, -0.2) is 0 Å². The Bertz CT molecular complexity index is 1220. The minimum absolute atomic E-state index is 0.158. The highest BCUT2D eigenvalue weighted by Crippen LogP contribution is 2.24. The zero-order valence-electron chi connectivity index (χ0n) is 20.3. The third-order valence-corrected chi connectivity index (χ3v) is 6.35. The molecule has 0 aliphatic carbocycles. The van der Waals surface area contributed by atoms with Crippen LogP contribution in [0.1, 0.15) is 30.8 Å². The van der Waals surface area contributed by atoms with Gasteiger partial charge in [-0.2, -0.15) is 0 Å². The fourth-order valence-corrected chi connectivity index (χ4v) is 4.34. The van der Waals surface area contributed by atoms with E-state index in [1.165, 1.54) is 0 Å². The molecular formula is C27H29ClN4O3S. The number of amides is 2. The van der Waals surface area contributed by atoms with E-state index in [1.54, 1.807) is 24.3 Å². The SMILES string of the molecule is CC(C)CC(=O)N1CCN(c2ccc(NC(=S)NC(=O)c3ccc(-c4ccc(Cl)cc4)o3)cc2)CC1. The van der Waals surface area contributed by atoms with Gasteiger partial charge in [0.1, 0.15) is 5.76 Å². The molecule has 188 valence electrons. The first kappa shape index (κ1) is 25.7. The topological polar surface area (TPSA) is 77.8 Å². The van der Waals surface area contributed by atoms with Crippen LogP contribution >= 0.6 is 23.8 Å². The summed E-state index contributed by atoms with van der Waals surface area (Å²) in [7, 11) is 0. The Kier molecular flexibility index (Phi) is 8.28. The molecule has 1 aliphatic rings. The second-order valence-electron chi connectivity index (χ2n) is 9.09. The lowest BCUT2D eigenvalue weighted by atomic mass is 10.1. The Labute approximate surface area is 221 Å². The average Bonchev–Trinajstić information content (AvgIpc) is 3.35. The van der Waals surface area contributed by atoms with Crippen LogP contribution < -0.4 is 15.5 Å². The molecule has 2 heterocycles. The van der Waals surface area contributed by atoms with Crippen LogP contribution in [0, 0.1) is 5.92 Å². The van der Waals surface area contributed by atoms with Crippen molar-refractivity contribution in [1.82, 2.24) is 10.2 Å². The lowest BCUT2D eigenvalue weighted by Gasteiger charge is -2.36. The molecule has 2 amide bonds. The summed E-state index contributed by atoms with van der Waals surface area (Å²) in [6.07, 6.45) is 0.597. The molecule has 2 aromatic carbocycles. The Morgan fingerprint density at radius 1 is 0.972 bits per heavy atom. The molecule has 1 fully saturated rings. The van der Waals surface area contributed by atoms with Gasteiger partial charge in [0.15, 0.2) is 10.9 Å². The third-order valence-electron chi connectivity index (χ3n) is 5.89. The molecule has 3 aromatic rings. The van der Waals surface area contributed by atoms with E-state index in [2.05, 4.69) is 29.4 Å². The predicted molar refractivity (Wildman–Crippen MR) is 148 cm³/mol. The number of carbonyl (C=O) groups excluding carboxylic acids is 2. The number of halogens is 1. The summed E-state index contributed by atoms with van der Waals surface area (Å²) in [6.45, 7) is 7.19. The van der Waals surface area contributed by atoms with Crippen molar-refractivity contribution in [3.8, 4) is 11.3 Å².